The molecule has 2 N–H and O–H groups in total. The fourth-order valence-corrected chi connectivity index (χ4v) is 2.59. The van der Waals surface area contributed by atoms with Gasteiger partial charge in [-0.25, -0.2) is 4.98 Å². The van der Waals surface area contributed by atoms with Crippen molar-refractivity contribution in [2.24, 2.45) is 0 Å². The summed E-state index contributed by atoms with van der Waals surface area (Å²) in [6.07, 6.45) is 1.67. The molecule has 0 bridgehead atoms. The molecule has 0 saturated heterocycles. The van der Waals surface area contributed by atoms with E-state index >= 15 is 0 Å². The molecule has 0 aliphatic carbocycles. The van der Waals surface area contributed by atoms with Gasteiger partial charge in [0.25, 0.3) is 5.91 Å². The molecule has 1 aromatic heterocycles. The van der Waals surface area contributed by atoms with E-state index in [1.807, 2.05) is 36.4 Å². The highest BCUT2D eigenvalue weighted by atomic mass is 16.1. The number of amides is 1. The van der Waals surface area contributed by atoms with Crippen LogP contribution in [0.1, 0.15) is 41.4 Å². The lowest BCUT2D eigenvalue weighted by atomic mass is 10.0. The second kappa shape index (κ2) is 8.30. The maximum Gasteiger partial charge on any atom is 0.270 e. The van der Waals surface area contributed by atoms with Gasteiger partial charge >= 0.3 is 0 Å². The van der Waals surface area contributed by atoms with Crippen molar-refractivity contribution in [3.8, 4) is 0 Å². The molecule has 0 fully saturated rings. The molecule has 0 aliphatic rings. The third-order valence-electron chi connectivity index (χ3n) is 4.16. The lowest BCUT2D eigenvalue weighted by Gasteiger charge is -2.10. The lowest BCUT2D eigenvalue weighted by Crippen LogP contribution is -2.23. The van der Waals surface area contributed by atoms with Crippen LogP contribution < -0.4 is 10.6 Å². The Balaban J connectivity index is 1.58. The topological polar surface area (TPSA) is 54.0 Å². The van der Waals surface area contributed by atoms with Crippen molar-refractivity contribution in [2.45, 2.75) is 26.3 Å². The fraction of sp³-hybridized carbons (Fsp3) is 0.182. The number of aromatic nitrogens is 1. The monoisotopic (exact) mass is 345 g/mol. The summed E-state index contributed by atoms with van der Waals surface area (Å²) in [7, 11) is 0. The van der Waals surface area contributed by atoms with Gasteiger partial charge in [-0.1, -0.05) is 56.3 Å². The molecule has 4 nitrogen and oxygen atoms in total. The van der Waals surface area contributed by atoms with E-state index in [4.69, 9.17) is 0 Å². The van der Waals surface area contributed by atoms with Gasteiger partial charge in [-0.2, -0.15) is 0 Å². The minimum absolute atomic E-state index is 0.179. The van der Waals surface area contributed by atoms with E-state index in [-0.39, 0.29) is 5.91 Å². The highest BCUT2D eigenvalue weighted by molar-refractivity contribution is 5.92. The zero-order chi connectivity index (χ0) is 18.4. The Labute approximate surface area is 154 Å². The van der Waals surface area contributed by atoms with Crippen molar-refractivity contribution in [2.75, 3.05) is 5.32 Å². The normalized spacial score (nSPS) is 10.6. The van der Waals surface area contributed by atoms with Crippen molar-refractivity contribution in [1.82, 2.24) is 10.3 Å². The molecule has 0 radical (unpaired) electrons. The SMILES string of the molecule is CC(C)c1ccc(Nc2ccc(C(=O)NCc3ccccc3)nc2)cc1. The molecule has 0 atom stereocenters. The summed E-state index contributed by atoms with van der Waals surface area (Å²) in [4.78, 5) is 16.5. The zero-order valence-electron chi connectivity index (χ0n) is 15.1. The van der Waals surface area contributed by atoms with Gasteiger partial charge < -0.3 is 10.6 Å². The van der Waals surface area contributed by atoms with Gasteiger partial charge in [0, 0.05) is 12.2 Å². The Bertz CT molecular complexity index is 841. The molecule has 3 rings (SSSR count). The predicted octanol–water partition coefficient (Wildman–Crippen LogP) is 4.88. The van der Waals surface area contributed by atoms with E-state index in [0.29, 0.717) is 18.2 Å². The standard InChI is InChI=1S/C22H23N3O/c1-16(2)18-8-10-19(11-9-18)25-20-12-13-21(23-15-20)22(26)24-14-17-6-4-3-5-7-17/h3-13,15-16,25H,14H2,1-2H3,(H,24,26). The van der Waals surface area contributed by atoms with Gasteiger partial charge in [-0.15, -0.1) is 0 Å². The number of hydrogen-bond acceptors (Lipinski definition) is 3. The number of carbonyl (C=O) groups is 1. The Morgan fingerprint density at radius 2 is 1.62 bits per heavy atom. The van der Waals surface area contributed by atoms with E-state index in [2.05, 4.69) is 53.7 Å². The molecule has 4 heteroatoms. The molecule has 0 unspecified atom stereocenters. The molecule has 0 saturated carbocycles. The number of anilines is 2. The van der Waals surface area contributed by atoms with E-state index in [1.54, 1.807) is 12.3 Å². The highest BCUT2D eigenvalue weighted by Crippen LogP contribution is 2.20. The minimum atomic E-state index is -0.179. The van der Waals surface area contributed by atoms with Crippen LogP contribution in [0, 0.1) is 0 Å². The molecular formula is C22H23N3O. The first kappa shape index (κ1) is 17.7. The van der Waals surface area contributed by atoms with Gasteiger partial charge in [-0.3, -0.25) is 4.79 Å². The average molecular weight is 345 g/mol. The quantitative estimate of drug-likeness (QED) is 0.669. The molecule has 1 amide bonds. The molecule has 0 spiro atoms. The third kappa shape index (κ3) is 4.70. The Morgan fingerprint density at radius 3 is 2.23 bits per heavy atom. The Hall–Kier alpha value is -3.14. The summed E-state index contributed by atoms with van der Waals surface area (Å²) in [6.45, 7) is 4.84. The third-order valence-corrected chi connectivity index (χ3v) is 4.16. The summed E-state index contributed by atoms with van der Waals surface area (Å²) >= 11 is 0. The summed E-state index contributed by atoms with van der Waals surface area (Å²) < 4.78 is 0. The fourth-order valence-electron chi connectivity index (χ4n) is 2.59. The van der Waals surface area contributed by atoms with Crippen molar-refractivity contribution >= 4 is 17.3 Å². The molecule has 2 aromatic carbocycles. The van der Waals surface area contributed by atoms with Gasteiger partial charge in [0.15, 0.2) is 0 Å². The first-order chi connectivity index (χ1) is 12.6. The van der Waals surface area contributed by atoms with Crippen molar-refractivity contribution in [1.29, 1.82) is 0 Å². The van der Waals surface area contributed by atoms with Crippen LogP contribution >= 0.6 is 0 Å². The number of carbonyl (C=O) groups excluding carboxylic acids is 1. The Kier molecular flexibility index (Phi) is 5.64. The van der Waals surface area contributed by atoms with E-state index in [1.165, 1.54) is 5.56 Å². The van der Waals surface area contributed by atoms with Crippen LogP contribution in [0.5, 0.6) is 0 Å². The molecule has 0 aliphatic heterocycles. The minimum Gasteiger partial charge on any atom is -0.354 e. The van der Waals surface area contributed by atoms with E-state index < -0.39 is 0 Å². The highest BCUT2D eigenvalue weighted by Gasteiger charge is 2.07. The molecule has 132 valence electrons. The zero-order valence-corrected chi connectivity index (χ0v) is 15.1. The van der Waals surface area contributed by atoms with Gasteiger partial charge in [0.1, 0.15) is 5.69 Å². The number of nitrogens with one attached hydrogen (secondary N) is 2. The van der Waals surface area contributed by atoms with Crippen molar-refractivity contribution in [3.63, 3.8) is 0 Å². The lowest BCUT2D eigenvalue weighted by molar-refractivity contribution is 0.0946. The van der Waals surface area contributed by atoms with Crippen LogP contribution in [0.2, 0.25) is 0 Å². The number of rotatable bonds is 6. The van der Waals surface area contributed by atoms with Crippen LogP contribution in [0.15, 0.2) is 72.9 Å². The van der Waals surface area contributed by atoms with E-state index in [9.17, 15) is 4.79 Å². The molecule has 26 heavy (non-hydrogen) atoms. The smallest absolute Gasteiger partial charge is 0.270 e. The van der Waals surface area contributed by atoms with Gasteiger partial charge in [0.2, 0.25) is 0 Å². The summed E-state index contributed by atoms with van der Waals surface area (Å²) in [5, 5.41) is 6.18. The molecule has 1 heterocycles. The van der Waals surface area contributed by atoms with Gasteiger partial charge in [0.05, 0.1) is 11.9 Å². The van der Waals surface area contributed by atoms with Crippen molar-refractivity contribution < 1.29 is 4.79 Å². The summed E-state index contributed by atoms with van der Waals surface area (Å²) in [5.41, 5.74) is 4.61. The second-order valence-electron chi connectivity index (χ2n) is 6.50. The first-order valence-electron chi connectivity index (χ1n) is 8.77. The summed E-state index contributed by atoms with van der Waals surface area (Å²) in [6, 6.07) is 21.7. The number of benzene rings is 2. The van der Waals surface area contributed by atoms with Crippen LogP contribution in [0.4, 0.5) is 11.4 Å². The Morgan fingerprint density at radius 1 is 0.923 bits per heavy atom. The number of nitrogens with zero attached hydrogens (tertiary/aromatic N) is 1. The van der Waals surface area contributed by atoms with Crippen LogP contribution in [0.3, 0.4) is 0 Å². The molecular weight excluding hydrogens is 322 g/mol. The maximum absolute atomic E-state index is 12.2. The van der Waals surface area contributed by atoms with Crippen molar-refractivity contribution in [3.05, 3.63) is 89.7 Å². The van der Waals surface area contributed by atoms with E-state index in [0.717, 1.165) is 16.9 Å². The molecule has 3 aromatic rings. The average Bonchev–Trinajstić information content (AvgIpc) is 2.68. The van der Waals surface area contributed by atoms with Crippen LogP contribution in [0.25, 0.3) is 0 Å². The van der Waals surface area contributed by atoms with Crippen LogP contribution in [-0.4, -0.2) is 10.9 Å². The number of pyridine rings is 1. The van der Waals surface area contributed by atoms with Crippen LogP contribution in [-0.2, 0) is 6.54 Å². The first-order valence-corrected chi connectivity index (χ1v) is 8.77. The number of hydrogen-bond donors (Lipinski definition) is 2. The maximum atomic E-state index is 12.2. The predicted molar refractivity (Wildman–Crippen MR) is 106 cm³/mol. The second-order valence-corrected chi connectivity index (χ2v) is 6.50. The largest absolute Gasteiger partial charge is 0.354 e. The van der Waals surface area contributed by atoms with Gasteiger partial charge in [-0.05, 0) is 41.3 Å². The summed E-state index contributed by atoms with van der Waals surface area (Å²) in [5.74, 6) is 0.334.